The van der Waals surface area contributed by atoms with Gasteiger partial charge in [-0.15, -0.1) is 0 Å². The second kappa shape index (κ2) is 33.5. The summed E-state index contributed by atoms with van der Waals surface area (Å²) in [7, 11) is 1.69. The van der Waals surface area contributed by atoms with Gasteiger partial charge in [0.15, 0.2) is 0 Å². The first-order valence-electron chi connectivity index (χ1n) is 23.9. The van der Waals surface area contributed by atoms with E-state index < -0.39 is 17.7 Å². The fraction of sp³-hybridized carbons (Fsp3) is 0.917. The Bertz CT molecular complexity index is 1080. The summed E-state index contributed by atoms with van der Waals surface area (Å²) in [5.41, 5.74) is -0.663. The molecule has 0 aromatic rings. The first-order chi connectivity index (χ1) is 27.8. The second-order valence-corrected chi connectivity index (χ2v) is 18.2. The third kappa shape index (κ3) is 29.1. The van der Waals surface area contributed by atoms with Crippen LogP contribution in [0.25, 0.3) is 0 Å². The first kappa shape index (κ1) is 53.8. The Morgan fingerprint density at radius 3 is 1.62 bits per heavy atom. The largest absolute Gasteiger partial charge is 0.463 e. The van der Waals surface area contributed by atoms with Crippen LogP contribution in [0.5, 0.6) is 0 Å². The highest BCUT2D eigenvalue weighted by atomic mass is 16.5. The molecule has 1 aliphatic heterocycles. The summed E-state index contributed by atoms with van der Waals surface area (Å²) in [4.78, 5) is 53.3. The quantitative estimate of drug-likeness (QED) is 0.0483. The number of unbranched alkanes of at least 4 members (excludes halogenated alkanes) is 20. The number of amides is 2. The number of rotatable bonds is 38. The number of carbonyl (C=O) groups is 4. The van der Waals surface area contributed by atoms with E-state index in [4.69, 9.17) is 18.9 Å². The molecule has 2 atom stereocenters. The number of carbonyl (C=O) groups excluding carboxylic acids is 4. The average molecular weight is 823 g/mol. The summed E-state index contributed by atoms with van der Waals surface area (Å²) in [6.45, 7) is 13.9. The lowest BCUT2D eigenvalue weighted by molar-refractivity contribution is -0.150. The van der Waals surface area contributed by atoms with Crippen molar-refractivity contribution in [1.29, 1.82) is 0 Å². The predicted molar refractivity (Wildman–Crippen MR) is 236 cm³/mol. The molecule has 0 aromatic heterocycles. The summed E-state index contributed by atoms with van der Waals surface area (Å²) < 4.78 is 23.0. The van der Waals surface area contributed by atoms with Gasteiger partial charge in [-0.2, -0.15) is 0 Å². The van der Waals surface area contributed by atoms with E-state index in [0.29, 0.717) is 38.8 Å². The zero-order valence-corrected chi connectivity index (χ0v) is 38.7. The molecule has 0 radical (unpaired) electrons. The number of methoxy groups -OCH3 is 1. The minimum Gasteiger partial charge on any atom is -0.463 e. The van der Waals surface area contributed by atoms with Gasteiger partial charge >= 0.3 is 11.9 Å². The van der Waals surface area contributed by atoms with Crippen LogP contribution in [0.4, 0.5) is 0 Å². The molecule has 0 bridgehead atoms. The molecule has 1 rings (SSSR count). The van der Waals surface area contributed by atoms with E-state index >= 15 is 0 Å². The van der Waals surface area contributed by atoms with Crippen molar-refractivity contribution in [3.05, 3.63) is 0 Å². The van der Waals surface area contributed by atoms with Crippen LogP contribution < -0.4 is 5.32 Å². The number of hydrogen-bond donors (Lipinski definition) is 1. The Kier molecular flexibility index (Phi) is 31.1. The maximum absolute atomic E-state index is 13.5. The van der Waals surface area contributed by atoms with Crippen molar-refractivity contribution in [2.75, 3.05) is 33.4 Å². The van der Waals surface area contributed by atoms with Crippen LogP contribution in [0, 0.1) is 0 Å². The van der Waals surface area contributed by atoms with Gasteiger partial charge in [-0.1, -0.05) is 142 Å². The third-order valence-corrected chi connectivity index (χ3v) is 11.8. The summed E-state index contributed by atoms with van der Waals surface area (Å²) in [5.74, 6) is -0.887. The minimum absolute atomic E-state index is 0.0228. The fourth-order valence-electron chi connectivity index (χ4n) is 7.50. The standard InChI is InChI=1S/C48H90N2O8/c1-8-10-12-14-16-18-20-22-24-26-28-30-44(52)50-39-42(38-41(50)40-56-45(53)31-29-27-25-23-21-19-17-15-13-11-9-2)58-46(54)33-32-43(51)49-36-34-48(5,6)57-37-35-47(3,4)55-7/h41-42H,8-40H2,1-7H3,(H,49,51)/t41-,42+/m0/s1. The number of ether oxygens (including phenoxy) is 4. The Balaban J connectivity index is 2.50. The highest BCUT2D eigenvalue weighted by molar-refractivity contribution is 5.81. The van der Waals surface area contributed by atoms with Gasteiger partial charge < -0.3 is 29.2 Å². The van der Waals surface area contributed by atoms with Crippen molar-refractivity contribution < 1.29 is 38.1 Å². The van der Waals surface area contributed by atoms with Crippen LogP contribution in [-0.4, -0.2) is 85.4 Å². The van der Waals surface area contributed by atoms with Gasteiger partial charge in [0.25, 0.3) is 0 Å². The third-order valence-electron chi connectivity index (χ3n) is 11.8. The Hall–Kier alpha value is -2.20. The molecule has 1 aliphatic rings. The Morgan fingerprint density at radius 2 is 1.10 bits per heavy atom. The maximum atomic E-state index is 13.5. The molecule has 0 aliphatic carbocycles. The van der Waals surface area contributed by atoms with Crippen LogP contribution in [0.2, 0.25) is 0 Å². The van der Waals surface area contributed by atoms with Crippen LogP contribution in [0.1, 0.15) is 228 Å². The van der Waals surface area contributed by atoms with Gasteiger partial charge in [0, 0.05) is 39.3 Å². The smallest absolute Gasteiger partial charge is 0.306 e. The van der Waals surface area contributed by atoms with Crippen molar-refractivity contribution in [3.63, 3.8) is 0 Å². The predicted octanol–water partition coefficient (Wildman–Crippen LogP) is 11.3. The lowest BCUT2D eigenvalue weighted by atomic mass is 10.0. The maximum Gasteiger partial charge on any atom is 0.306 e. The van der Waals surface area contributed by atoms with Crippen LogP contribution in [0.3, 0.4) is 0 Å². The van der Waals surface area contributed by atoms with E-state index in [2.05, 4.69) is 19.2 Å². The molecule has 1 saturated heterocycles. The normalized spacial score (nSPS) is 15.8. The zero-order chi connectivity index (χ0) is 42.9. The summed E-state index contributed by atoms with van der Waals surface area (Å²) in [5, 5.41) is 2.89. The topological polar surface area (TPSA) is 120 Å². The van der Waals surface area contributed by atoms with Crippen molar-refractivity contribution in [3.8, 4) is 0 Å². The molecule has 1 heterocycles. The van der Waals surface area contributed by atoms with E-state index in [0.717, 1.165) is 44.9 Å². The number of likely N-dealkylation sites (tertiary alicyclic amines) is 1. The molecule has 10 nitrogen and oxygen atoms in total. The van der Waals surface area contributed by atoms with Crippen molar-refractivity contribution in [1.82, 2.24) is 10.2 Å². The second-order valence-electron chi connectivity index (χ2n) is 18.2. The first-order valence-corrected chi connectivity index (χ1v) is 23.9. The minimum atomic E-state index is -0.492. The van der Waals surface area contributed by atoms with E-state index in [9.17, 15) is 19.2 Å². The molecule has 0 unspecified atom stereocenters. The van der Waals surface area contributed by atoms with Gasteiger partial charge in [-0.3, -0.25) is 19.2 Å². The Labute approximate surface area is 355 Å². The van der Waals surface area contributed by atoms with Crippen LogP contribution >= 0.6 is 0 Å². The van der Waals surface area contributed by atoms with Gasteiger partial charge in [-0.05, 0) is 53.4 Å². The molecule has 1 fully saturated rings. The molecular formula is C48H90N2O8. The van der Waals surface area contributed by atoms with Gasteiger partial charge in [0.05, 0.1) is 36.8 Å². The molecular weight excluding hydrogens is 733 g/mol. The van der Waals surface area contributed by atoms with Crippen molar-refractivity contribution in [2.24, 2.45) is 0 Å². The molecule has 58 heavy (non-hydrogen) atoms. The highest BCUT2D eigenvalue weighted by Gasteiger charge is 2.37. The zero-order valence-electron chi connectivity index (χ0n) is 38.7. The van der Waals surface area contributed by atoms with Crippen molar-refractivity contribution in [2.45, 2.75) is 251 Å². The summed E-state index contributed by atoms with van der Waals surface area (Å²) in [6.07, 6.45) is 28.9. The van der Waals surface area contributed by atoms with Gasteiger partial charge in [0.2, 0.25) is 11.8 Å². The summed E-state index contributed by atoms with van der Waals surface area (Å²) in [6, 6.07) is -0.325. The van der Waals surface area contributed by atoms with E-state index in [1.807, 2.05) is 27.7 Å². The monoisotopic (exact) mass is 823 g/mol. The Morgan fingerprint density at radius 1 is 0.603 bits per heavy atom. The number of hydrogen-bond acceptors (Lipinski definition) is 8. The molecule has 0 spiro atoms. The fourth-order valence-corrected chi connectivity index (χ4v) is 7.50. The molecule has 1 N–H and O–H groups in total. The van der Waals surface area contributed by atoms with E-state index in [1.165, 1.54) is 103 Å². The lowest BCUT2D eigenvalue weighted by Crippen LogP contribution is -2.39. The lowest BCUT2D eigenvalue weighted by Gasteiger charge is -2.29. The highest BCUT2D eigenvalue weighted by Crippen LogP contribution is 2.24. The van der Waals surface area contributed by atoms with Crippen LogP contribution in [0.15, 0.2) is 0 Å². The van der Waals surface area contributed by atoms with E-state index in [-0.39, 0.29) is 55.4 Å². The van der Waals surface area contributed by atoms with Crippen molar-refractivity contribution >= 4 is 23.8 Å². The molecule has 2 amide bonds. The number of nitrogens with zero attached hydrogens (tertiary/aromatic N) is 1. The number of nitrogens with one attached hydrogen (secondary N) is 1. The van der Waals surface area contributed by atoms with Crippen LogP contribution in [-0.2, 0) is 38.1 Å². The average Bonchev–Trinajstić information content (AvgIpc) is 3.59. The molecule has 340 valence electrons. The number of esters is 2. The SMILES string of the molecule is CCCCCCCCCCCCCC(=O)OC[C@@H]1C[C@@H](OC(=O)CCC(=O)NCCC(C)(C)OCCC(C)(C)OC)CN1C(=O)CCCCCCCCCCCCC. The molecule has 0 aromatic carbocycles. The summed E-state index contributed by atoms with van der Waals surface area (Å²) >= 11 is 0. The van der Waals surface area contributed by atoms with Gasteiger partial charge in [-0.25, -0.2) is 0 Å². The van der Waals surface area contributed by atoms with E-state index in [1.54, 1.807) is 12.0 Å². The van der Waals surface area contributed by atoms with Gasteiger partial charge in [0.1, 0.15) is 12.7 Å². The molecule has 10 heteroatoms. The molecule has 0 saturated carbocycles.